The number of carbonyl (C=O) groups excluding carboxylic acids is 2. The van der Waals surface area contributed by atoms with Crippen molar-refractivity contribution in [2.75, 3.05) is 11.9 Å². The van der Waals surface area contributed by atoms with Crippen LogP contribution in [0.5, 0.6) is 5.75 Å². The molecule has 0 fully saturated rings. The molecular formula is C22H18N4O3. The second-order valence-corrected chi connectivity index (χ2v) is 6.45. The number of nitrogens with one attached hydrogen (secondary N) is 1. The third-order valence-electron chi connectivity index (χ3n) is 4.31. The van der Waals surface area contributed by atoms with E-state index >= 15 is 0 Å². The first-order chi connectivity index (χ1) is 14.1. The maximum atomic E-state index is 12.2. The zero-order chi connectivity index (χ0) is 20.2. The van der Waals surface area contributed by atoms with Crippen LogP contribution in [-0.4, -0.2) is 32.7 Å². The molecular weight excluding hydrogens is 368 g/mol. The number of ketones is 1. The van der Waals surface area contributed by atoms with Crippen molar-refractivity contribution in [1.82, 2.24) is 14.4 Å². The van der Waals surface area contributed by atoms with Crippen LogP contribution in [0.2, 0.25) is 0 Å². The van der Waals surface area contributed by atoms with Gasteiger partial charge in [0.05, 0.1) is 5.69 Å². The van der Waals surface area contributed by atoms with Gasteiger partial charge in [0.15, 0.2) is 12.4 Å². The Labute approximate surface area is 167 Å². The van der Waals surface area contributed by atoms with Crippen LogP contribution < -0.4 is 10.1 Å². The Bertz CT molecular complexity index is 1150. The molecule has 0 unspecified atom stereocenters. The molecule has 0 aliphatic carbocycles. The van der Waals surface area contributed by atoms with Crippen molar-refractivity contribution in [2.24, 2.45) is 0 Å². The normalized spacial score (nSPS) is 10.7. The average molecular weight is 386 g/mol. The van der Waals surface area contributed by atoms with E-state index in [0.29, 0.717) is 22.8 Å². The molecule has 7 heteroatoms. The summed E-state index contributed by atoms with van der Waals surface area (Å²) < 4.78 is 7.32. The van der Waals surface area contributed by atoms with Gasteiger partial charge < -0.3 is 10.1 Å². The van der Waals surface area contributed by atoms with Gasteiger partial charge in [-0.1, -0.05) is 12.1 Å². The summed E-state index contributed by atoms with van der Waals surface area (Å²) in [7, 11) is 0. The maximum absolute atomic E-state index is 12.2. The highest BCUT2D eigenvalue weighted by atomic mass is 16.5. The zero-order valence-electron chi connectivity index (χ0n) is 15.7. The third-order valence-corrected chi connectivity index (χ3v) is 4.31. The highest BCUT2D eigenvalue weighted by molar-refractivity contribution is 5.94. The number of benzene rings is 2. The van der Waals surface area contributed by atoms with Crippen molar-refractivity contribution in [3.8, 4) is 17.0 Å². The number of rotatable bonds is 6. The minimum atomic E-state index is -0.283. The number of amides is 1. The Kier molecular flexibility index (Phi) is 5.03. The van der Waals surface area contributed by atoms with Crippen LogP contribution in [0.15, 0.2) is 73.2 Å². The van der Waals surface area contributed by atoms with Crippen molar-refractivity contribution in [2.45, 2.75) is 6.92 Å². The summed E-state index contributed by atoms with van der Waals surface area (Å²) in [5.41, 5.74) is 2.88. The molecule has 0 saturated carbocycles. The summed E-state index contributed by atoms with van der Waals surface area (Å²) in [6.07, 6.45) is 5.46. The highest BCUT2D eigenvalue weighted by Gasteiger charge is 2.08. The molecule has 0 radical (unpaired) electrons. The lowest BCUT2D eigenvalue weighted by Crippen LogP contribution is -2.20. The van der Waals surface area contributed by atoms with Crippen LogP contribution in [0.1, 0.15) is 17.3 Å². The molecule has 144 valence electrons. The van der Waals surface area contributed by atoms with Crippen LogP contribution in [0.3, 0.4) is 0 Å². The second kappa shape index (κ2) is 7.93. The van der Waals surface area contributed by atoms with Crippen LogP contribution in [0.25, 0.3) is 17.0 Å². The summed E-state index contributed by atoms with van der Waals surface area (Å²) >= 11 is 0. The van der Waals surface area contributed by atoms with Crippen LogP contribution in [-0.2, 0) is 4.79 Å². The van der Waals surface area contributed by atoms with Crippen molar-refractivity contribution < 1.29 is 14.3 Å². The van der Waals surface area contributed by atoms with Gasteiger partial charge in [0.2, 0.25) is 5.78 Å². The fraction of sp³-hybridized carbons (Fsp3) is 0.0909. The number of nitrogens with zero attached hydrogens (tertiary/aromatic N) is 3. The number of aromatic nitrogens is 3. The third kappa shape index (κ3) is 4.30. The van der Waals surface area contributed by atoms with E-state index in [1.165, 1.54) is 6.92 Å². The van der Waals surface area contributed by atoms with Crippen molar-refractivity contribution in [1.29, 1.82) is 0 Å². The summed E-state index contributed by atoms with van der Waals surface area (Å²) in [6, 6.07) is 15.9. The van der Waals surface area contributed by atoms with Gasteiger partial charge in [-0.15, -0.1) is 0 Å². The molecule has 2 aromatic carbocycles. The van der Waals surface area contributed by atoms with Gasteiger partial charge in [-0.05, 0) is 49.4 Å². The van der Waals surface area contributed by atoms with E-state index in [9.17, 15) is 9.59 Å². The molecule has 1 N–H and O–H groups in total. The van der Waals surface area contributed by atoms with E-state index in [2.05, 4.69) is 15.3 Å². The predicted octanol–water partition coefficient (Wildman–Crippen LogP) is 3.62. The van der Waals surface area contributed by atoms with E-state index in [-0.39, 0.29) is 18.3 Å². The molecule has 0 saturated heterocycles. The number of Topliss-reactive ketones (excluding diaryl/α,β-unsaturated/α-hetero) is 1. The summed E-state index contributed by atoms with van der Waals surface area (Å²) in [5.74, 6) is 0.835. The average Bonchev–Trinajstić information content (AvgIpc) is 3.17. The van der Waals surface area contributed by atoms with Gasteiger partial charge in [-0.2, -0.15) is 0 Å². The van der Waals surface area contributed by atoms with Crippen LogP contribution in [0, 0.1) is 0 Å². The lowest BCUT2D eigenvalue weighted by Gasteiger charge is -2.08. The first-order valence-corrected chi connectivity index (χ1v) is 9.02. The van der Waals surface area contributed by atoms with E-state index in [1.54, 1.807) is 36.5 Å². The number of imidazole rings is 1. The lowest BCUT2D eigenvalue weighted by molar-refractivity contribution is -0.118. The van der Waals surface area contributed by atoms with E-state index in [0.717, 1.165) is 11.3 Å². The number of anilines is 1. The van der Waals surface area contributed by atoms with E-state index < -0.39 is 0 Å². The molecule has 2 aromatic heterocycles. The molecule has 0 spiro atoms. The van der Waals surface area contributed by atoms with Gasteiger partial charge in [0.25, 0.3) is 5.91 Å². The van der Waals surface area contributed by atoms with Gasteiger partial charge in [-0.25, -0.2) is 9.97 Å². The molecule has 0 aliphatic rings. The molecule has 29 heavy (non-hydrogen) atoms. The topological polar surface area (TPSA) is 85.6 Å². The number of carbonyl (C=O) groups is 2. The smallest absolute Gasteiger partial charge is 0.262 e. The number of fused-ring (bicyclic) bond motifs is 1. The SMILES string of the molecule is CC(=O)c1ccc(OCC(=O)Nc2cccc(-c3cn4cccnc4n3)c2)cc1. The van der Waals surface area contributed by atoms with Gasteiger partial charge >= 0.3 is 0 Å². The Morgan fingerprint density at radius 2 is 1.93 bits per heavy atom. The van der Waals surface area contributed by atoms with Crippen molar-refractivity contribution in [3.63, 3.8) is 0 Å². The quantitative estimate of drug-likeness (QED) is 0.512. The zero-order valence-corrected chi connectivity index (χ0v) is 15.7. The molecule has 0 bridgehead atoms. The minimum absolute atomic E-state index is 0.0180. The fourth-order valence-electron chi connectivity index (χ4n) is 2.86. The molecule has 4 rings (SSSR count). The molecule has 4 aromatic rings. The highest BCUT2D eigenvalue weighted by Crippen LogP contribution is 2.22. The fourth-order valence-corrected chi connectivity index (χ4v) is 2.86. The van der Waals surface area contributed by atoms with Crippen molar-refractivity contribution >= 4 is 23.2 Å². The Morgan fingerprint density at radius 3 is 2.69 bits per heavy atom. The number of hydrogen-bond donors (Lipinski definition) is 1. The molecule has 0 atom stereocenters. The summed E-state index contributed by atoms with van der Waals surface area (Å²) in [4.78, 5) is 32.2. The first-order valence-electron chi connectivity index (χ1n) is 9.02. The molecule has 0 aliphatic heterocycles. The Morgan fingerprint density at radius 1 is 1.10 bits per heavy atom. The first kappa shape index (κ1) is 18.4. The number of ether oxygens (including phenoxy) is 1. The largest absolute Gasteiger partial charge is 0.484 e. The maximum Gasteiger partial charge on any atom is 0.262 e. The minimum Gasteiger partial charge on any atom is -0.484 e. The second-order valence-electron chi connectivity index (χ2n) is 6.45. The molecule has 7 nitrogen and oxygen atoms in total. The van der Waals surface area contributed by atoms with E-state index in [1.807, 2.05) is 41.1 Å². The lowest BCUT2D eigenvalue weighted by atomic mass is 10.1. The van der Waals surface area contributed by atoms with Crippen LogP contribution in [0.4, 0.5) is 5.69 Å². The monoisotopic (exact) mass is 386 g/mol. The standard InChI is InChI=1S/C22H18N4O3/c1-15(27)16-6-8-19(9-7-16)29-14-21(28)24-18-5-2-4-17(12-18)20-13-26-11-3-10-23-22(26)25-20/h2-13H,14H2,1H3,(H,24,28). The summed E-state index contributed by atoms with van der Waals surface area (Å²) in [6.45, 7) is 1.36. The van der Waals surface area contributed by atoms with Gasteiger partial charge in [-0.3, -0.25) is 14.0 Å². The number of hydrogen-bond acceptors (Lipinski definition) is 5. The van der Waals surface area contributed by atoms with Crippen molar-refractivity contribution in [3.05, 3.63) is 78.8 Å². The summed E-state index contributed by atoms with van der Waals surface area (Å²) in [5, 5.41) is 2.82. The Balaban J connectivity index is 1.40. The van der Waals surface area contributed by atoms with Gasteiger partial charge in [0.1, 0.15) is 5.75 Å². The molecule has 1 amide bonds. The van der Waals surface area contributed by atoms with Gasteiger partial charge in [0, 0.05) is 35.4 Å². The predicted molar refractivity (Wildman–Crippen MR) is 109 cm³/mol. The molecule has 2 heterocycles. The Hall–Kier alpha value is -4.00. The van der Waals surface area contributed by atoms with Crippen LogP contribution >= 0.6 is 0 Å². The van der Waals surface area contributed by atoms with E-state index in [4.69, 9.17) is 4.74 Å².